The first-order valence-electron chi connectivity index (χ1n) is 4.31. The molecule has 0 atom stereocenters. The van der Waals surface area contributed by atoms with Gasteiger partial charge in [-0.3, -0.25) is 9.59 Å². The molecule has 0 saturated carbocycles. The molecule has 0 unspecified atom stereocenters. The van der Waals surface area contributed by atoms with Crippen LogP contribution >= 0.6 is 0 Å². The number of primary amides is 1. The van der Waals surface area contributed by atoms with Crippen molar-refractivity contribution in [2.45, 2.75) is 6.42 Å². The quantitative estimate of drug-likeness (QED) is 0.653. The largest absolute Gasteiger partial charge is 0.361 e. The van der Waals surface area contributed by atoms with Crippen LogP contribution < -0.4 is 11.1 Å². The van der Waals surface area contributed by atoms with Crippen LogP contribution in [0.2, 0.25) is 0 Å². The monoisotopic (exact) mass is 192 g/mol. The maximum atomic E-state index is 10.7. The highest BCUT2D eigenvalue weighted by molar-refractivity contribution is 6.34. The molecular weight excluding hydrogens is 180 g/mol. The highest BCUT2D eigenvalue weighted by Gasteiger charge is 2.06. The van der Waals surface area contributed by atoms with Crippen LogP contribution in [0.5, 0.6) is 0 Å². The molecule has 3 N–H and O–H groups in total. The van der Waals surface area contributed by atoms with Gasteiger partial charge in [-0.2, -0.15) is 0 Å². The summed E-state index contributed by atoms with van der Waals surface area (Å²) in [5, 5.41) is 2.42. The van der Waals surface area contributed by atoms with Crippen LogP contribution in [-0.4, -0.2) is 18.4 Å². The Labute approximate surface area is 82.1 Å². The zero-order valence-electron chi connectivity index (χ0n) is 7.69. The Balaban J connectivity index is 2.29. The lowest BCUT2D eigenvalue weighted by Crippen LogP contribution is -2.37. The number of carbonyl (C=O) groups is 2. The third-order valence-electron chi connectivity index (χ3n) is 1.77. The fourth-order valence-electron chi connectivity index (χ4n) is 1.05. The zero-order valence-corrected chi connectivity index (χ0v) is 7.69. The molecular formula is C10H12N2O2. The van der Waals surface area contributed by atoms with Gasteiger partial charge in [0, 0.05) is 6.54 Å². The average molecular weight is 192 g/mol. The van der Waals surface area contributed by atoms with E-state index in [1.54, 1.807) is 0 Å². The molecule has 0 heterocycles. The molecule has 0 saturated heterocycles. The van der Waals surface area contributed by atoms with Crippen molar-refractivity contribution in [2.75, 3.05) is 6.54 Å². The summed E-state index contributed by atoms with van der Waals surface area (Å²) in [6, 6.07) is 9.68. The highest BCUT2D eigenvalue weighted by atomic mass is 16.2. The normalized spacial score (nSPS) is 9.43. The molecule has 0 aliphatic carbocycles. The van der Waals surface area contributed by atoms with Gasteiger partial charge in [0.15, 0.2) is 0 Å². The second kappa shape index (κ2) is 5.01. The maximum Gasteiger partial charge on any atom is 0.309 e. The van der Waals surface area contributed by atoms with Crippen LogP contribution in [0, 0.1) is 0 Å². The van der Waals surface area contributed by atoms with E-state index in [1.165, 1.54) is 0 Å². The molecule has 4 heteroatoms. The summed E-state index contributed by atoms with van der Waals surface area (Å²) in [6.45, 7) is 0.422. The molecule has 0 aliphatic heterocycles. The predicted molar refractivity (Wildman–Crippen MR) is 52.4 cm³/mol. The third-order valence-corrected chi connectivity index (χ3v) is 1.77. The molecule has 1 rings (SSSR count). The summed E-state index contributed by atoms with van der Waals surface area (Å²) in [4.78, 5) is 21.1. The SMILES string of the molecule is NC(=O)C(=O)NCCc1ccccc1. The van der Waals surface area contributed by atoms with Gasteiger partial charge in [-0.1, -0.05) is 30.3 Å². The number of hydrogen-bond donors (Lipinski definition) is 2. The Bertz CT molecular complexity index is 322. The fraction of sp³-hybridized carbons (Fsp3) is 0.200. The molecule has 4 nitrogen and oxygen atoms in total. The topological polar surface area (TPSA) is 72.2 Å². The Hall–Kier alpha value is -1.84. The second-order valence-corrected chi connectivity index (χ2v) is 2.86. The van der Waals surface area contributed by atoms with Crippen molar-refractivity contribution >= 4 is 11.8 Å². The van der Waals surface area contributed by atoms with Crippen molar-refractivity contribution < 1.29 is 9.59 Å². The fourth-order valence-corrected chi connectivity index (χ4v) is 1.05. The predicted octanol–water partition coefficient (Wildman–Crippen LogP) is -0.169. The second-order valence-electron chi connectivity index (χ2n) is 2.86. The van der Waals surface area contributed by atoms with E-state index in [-0.39, 0.29) is 0 Å². The van der Waals surface area contributed by atoms with Gasteiger partial charge in [0.1, 0.15) is 0 Å². The van der Waals surface area contributed by atoms with Crippen LogP contribution in [0.1, 0.15) is 5.56 Å². The summed E-state index contributed by atoms with van der Waals surface area (Å²) in [5.41, 5.74) is 5.87. The van der Waals surface area contributed by atoms with E-state index in [9.17, 15) is 9.59 Å². The first kappa shape index (κ1) is 10.2. The van der Waals surface area contributed by atoms with E-state index in [0.29, 0.717) is 13.0 Å². The number of amides is 2. The van der Waals surface area contributed by atoms with Crippen molar-refractivity contribution in [3.8, 4) is 0 Å². The van der Waals surface area contributed by atoms with Gasteiger partial charge in [-0.15, -0.1) is 0 Å². The van der Waals surface area contributed by atoms with Crippen molar-refractivity contribution in [2.24, 2.45) is 5.73 Å². The van der Waals surface area contributed by atoms with Crippen molar-refractivity contribution in [1.29, 1.82) is 0 Å². The minimum Gasteiger partial charge on any atom is -0.361 e. The minimum atomic E-state index is -0.946. The molecule has 74 valence electrons. The molecule has 0 aromatic heterocycles. The van der Waals surface area contributed by atoms with Gasteiger partial charge < -0.3 is 11.1 Å². The van der Waals surface area contributed by atoms with Gasteiger partial charge in [0.25, 0.3) is 0 Å². The molecule has 0 radical (unpaired) electrons. The smallest absolute Gasteiger partial charge is 0.309 e. The van der Waals surface area contributed by atoms with Gasteiger partial charge in [-0.25, -0.2) is 0 Å². The van der Waals surface area contributed by atoms with E-state index in [1.807, 2.05) is 30.3 Å². The number of hydrogen-bond acceptors (Lipinski definition) is 2. The lowest BCUT2D eigenvalue weighted by atomic mass is 10.1. The summed E-state index contributed by atoms with van der Waals surface area (Å²) in [6.07, 6.45) is 0.694. The molecule has 1 aromatic carbocycles. The van der Waals surface area contributed by atoms with Crippen LogP contribution in [0.4, 0.5) is 0 Å². The first-order chi connectivity index (χ1) is 6.70. The Kier molecular flexibility index (Phi) is 3.67. The maximum absolute atomic E-state index is 10.7. The van der Waals surface area contributed by atoms with Crippen molar-refractivity contribution in [3.05, 3.63) is 35.9 Å². The number of nitrogens with one attached hydrogen (secondary N) is 1. The standard InChI is InChI=1S/C10H12N2O2/c11-9(13)10(14)12-7-6-8-4-2-1-3-5-8/h1-5H,6-7H2,(H2,11,13)(H,12,14). The van der Waals surface area contributed by atoms with Gasteiger partial charge >= 0.3 is 11.8 Å². The minimum absolute atomic E-state index is 0.422. The number of carbonyl (C=O) groups excluding carboxylic acids is 2. The highest BCUT2D eigenvalue weighted by Crippen LogP contribution is 1.97. The Morgan fingerprint density at radius 3 is 2.43 bits per heavy atom. The summed E-state index contributed by atoms with van der Waals surface area (Å²) in [5.74, 6) is -1.68. The van der Waals surface area contributed by atoms with Crippen LogP contribution in [0.15, 0.2) is 30.3 Å². The van der Waals surface area contributed by atoms with E-state index in [0.717, 1.165) is 5.56 Å². The van der Waals surface area contributed by atoms with E-state index >= 15 is 0 Å². The van der Waals surface area contributed by atoms with E-state index in [4.69, 9.17) is 5.73 Å². The molecule has 0 aliphatic rings. The van der Waals surface area contributed by atoms with E-state index in [2.05, 4.69) is 5.32 Å². The Morgan fingerprint density at radius 2 is 1.86 bits per heavy atom. The number of nitrogens with two attached hydrogens (primary N) is 1. The third kappa shape index (κ3) is 3.26. The summed E-state index contributed by atoms with van der Waals surface area (Å²) >= 11 is 0. The van der Waals surface area contributed by atoms with Crippen molar-refractivity contribution in [1.82, 2.24) is 5.32 Å². The molecule has 0 fully saturated rings. The summed E-state index contributed by atoms with van der Waals surface area (Å²) < 4.78 is 0. The molecule has 14 heavy (non-hydrogen) atoms. The van der Waals surface area contributed by atoms with E-state index < -0.39 is 11.8 Å². The number of rotatable bonds is 3. The lowest BCUT2D eigenvalue weighted by molar-refractivity contribution is -0.137. The van der Waals surface area contributed by atoms with Crippen LogP contribution in [-0.2, 0) is 16.0 Å². The van der Waals surface area contributed by atoms with Crippen LogP contribution in [0.25, 0.3) is 0 Å². The molecule has 1 aromatic rings. The summed E-state index contributed by atoms with van der Waals surface area (Å²) in [7, 11) is 0. The molecule has 0 bridgehead atoms. The van der Waals surface area contributed by atoms with Gasteiger partial charge in [-0.05, 0) is 12.0 Å². The molecule has 0 spiro atoms. The zero-order chi connectivity index (χ0) is 10.4. The number of benzene rings is 1. The first-order valence-corrected chi connectivity index (χ1v) is 4.31. The Morgan fingerprint density at radius 1 is 1.21 bits per heavy atom. The lowest BCUT2D eigenvalue weighted by Gasteiger charge is -2.02. The average Bonchev–Trinajstić information content (AvgIpc) is 2.19. The van der Waals surface area contributed by atoms with Gasteiger partial charge in [0.2, 0.25) is 0 Å². The van der Waals surface area contributed by atoms with Gasteiger partial charge in [0.05, 0.1) is 0 Å². The van der Waals surface area contributed by atoms with Crippen LogP contribution in [0.3, 0.4) is 0 Å². The molecule has 2 amide bonds. The van der Waals surface area contributed by atoms with Crippen molar-refractivity contribution in [3.63, 3.8) is 0 Å².